The molecule has 2 rings (SSSR count). The van der Waals surface area contributed by atoms with Crippen molar-refractivity contribution in [3.63, 3.8) is 0 Å². The number of benzene rings is 1. The number of nitrogens with zero attached hydrogens (tertiary/aromatic N) is 4. The molecule has 0 atom stereocenters. The smallest absolute Gasteiger partial charge is 0.133 e. The standard InChI is InChI=1S/C7H6N4/c1-2-4-6(5-3-1)7-8-10-11-9-7/h1-5,7H. The van der Waals surface area contributed by atoms with Crippen LogP contribution in [0.25, 0.3) is 0 Å². The Balaban J connectivity index is 2.30. The van der Waals surface area contributed by atoms with Gasteiger partial charge < -0.3 is 0 Å². The quantitative estimate of drug-likeness (QED) is 0.584. The maximum Gasteiger partial charge on any atom is 0.210 e. The van der Waals surface area contributed by atoms with Gasteiger partial charge in [0.2, 0.25) is 6.17 Å². The van der Waals surface area contributed by atoms with Gasteiger partial charge in [0.1, 0.15) is 0 Å². The van der Waals surface area contributed by atoms with Crippen LogP contribution in [0.2, 0.25) is 0 Å². The van der Waals surface area contributed by atoms with E-state index < -0.39 is 0 Å². The van der Waals surface area contributed by atoms with Crippen molar-refractivity contribution < 1.29 is 0 Å². The molecule has 0 bridgehead atoms. The molecule has 11 heavy (non-hydrogen) atoms. The minimum absolute atomic E-state index is 0.212. The van der Waals surface area contributed by atoms with Crippen LogP contribution < -0.4 is 0 Å². The van der Waals surface area contributed by atoms with Gasteiger partial charge in [-0.1, -0.05) is 30.3 Å². The molecular formula is C7H6N4. The van der Waals surface area contributed by atoms with Crippen LogP contribution in [-0.4, -0.2) is 0 Å². The van der Waals surface area contributed by atoms with Crippen LogP contribution in [0.1, 0.15) is 11.7 Å². The van der Waals surface area contributed by atoms with Crippen molar-refractivity contribution in [3.8, 4) is 0 Å². The zero-order valence-corrected chi connectivity index (χ0v) is 5.75. The van der Waals surface area contributed by atoms with E-state index in [1.807, 2.05) is 30.3 Å². The molecular weight excluding hydrogens is 140 g/mol. The van der Waals surface area contributed by atoms with Gasteiger partial charge in [0, 0.05) is 5.56 Å². The van der Waals surface area contributed by atoms with E-state index in [9.17, 15) is 0 Å². The van der Waals surface area contributed by atoms with Crippen LogP contribution in [0.3, 0.4) is 0 Å². The molecule has 1 aromatic rings. The Morgan fingerprint density at radius 1 is 0.909 bits per heavy atom. The second-order valence-electron chi connectivity index (χ2n) is 2.19. The zero-order valence-electron chi connectivity index (χ0n) is 5.75. The highest BCUT2D eigenvalue weighted by Crippen LogP contribution is 2.22. The van der Waals surface area contributed by atoms with Crippen LogP contribution in [-0.2, 0) is 0 Å². The van der Waals surface area contributed by atoms with Crippen LogP contribution in [0.5, 0.6) is 0 Å². The molecule has 0 fully saturated rings. The van der Waals surface area contributed by atoms with Crippen LogP contribution in [0.15, 0.2) is 51.0 Å². The van der Waals surface area contributed by atoms with Gasteiger partial charge in [-0.05, 0) is 10.4 Å². The molecule has 1 aromatic carbocycles. The van der Waals surface area contributed by atoms with E-state index in [1.54, 1.807) is 0 Å². The fourth-order valence-electron chi connectivity index (χ4n) is 0.926. The molecule has 1 heterocycles. The van der Waals surface area contributed by atoms with Gasteiger partial charge in [-0.15, -0.1) is 10.2 Å². The van der Waals surface area contributed by atoms with Crippen molar-refractivity contribution in [2.75, 3.05) is 0 Å². The summed E-state index contributed by atoms with van der Waals surface area (Å²) in [6.07, 6.45) is -0.212. The monoisotopic (exact) mass is 146 g/mol. The first-order valence-corrected chi connectivity index (χ1v) is 3.32. The van der Waals surface area contributed by atoms with Gasteiger partial charge in [0.15, 0.2) is 0 Å². The molecule has 0 unspecified atom stereocenters. The second-order valence-corrected chi connectivity index (χ2v) is 2.19. The highest BCUT2D eigenvalue weighted by molar-refractivity contribution is 5.18. The summed E-state index contributed by atoms with van der Waals surface area (Å²) < 4.78 is 0. The predicted octanol–water partition coefficient (Wildman–Crippen LogP) is 2.52. The lowest BCUT2D eigenvalue weighted by Crippen LogP contribution is -1.85. The minimum Gasteiger partial charge on any atom is -0.133 e. The lowest BCUT2D eigenvalue weighted by atomic mass is 10.2. The Bertz CT molecular complexity index is 279. The van der Waals surface area contributed by atoms with Crippen LogP contribution in [0.4, 0.5) is 0 Å². The van der Waals surface area contributed by atoms with Crippen molar-refractivity contribution in [2.24, 2.45) is 20.7 Å². The normalized spacial score (nSPS) is 16.0. The minimum atomic E-state index is -0.212. The Kier molecular flexibility index (Phi) is 1.44. The SMILES string of the molecule is c1ccc(C2N=NN=N2)cc1. The molecule has 0 aromatic heterocycles. The van der Waals surface area contributed by atoms with E-state index in [1.165, 1.54) is 0 Å². The number of rotatable bonds is 1. The third-order valence-corrected chi connectivity index (χ3v) is 1.46. The summed E-state index contributed by atoms with van der Waals surface area (Å²) in [5.74, 6) is 0. The third kappa shape index (κ3) is 1.14. The molecule has 4 nitrogen and oxygen atoms in total. The van der Waals surface area contributed by atoms with Gasteiger partial charge >= 0.3 is 0 Å². The topological polar surface area (TPSA) is 49.4 Å². The molecule has 0 radical (unpaired) electrons. The van der Waals surface area contributed by atoms with Crippen LogP contribution in [0, 0.1) is 0 Å². The Labute approximate surface area is 63.7 Å². The van der Waals surface area contributed by atoms with Crippen molar-refractivity contribution in [1.82, 2.24) is 0 Å². The lowest BCUT2D eigenvalue weighted by molar-refractivity contribution is 0.765. The van der Waals surface area contributed by atoms with Crippen molar-refractivity contribution in [3.05, 3.63) is 35.9 Å². The summed E-state index contributed by atoms with van der Waals surface area (Å²) in [5, 5.41) is 14.4. The van der Waals surface area contributed by atoms with Gasteiger partial charge in [-0.2, -0.15) is 0 Å². The Morgan fingerprint density at radius 2 is 1.55 bits per heavy atom. The molecule has 0 N–H and O–H groups in total. The van der Waals surface area contributed by atoms with Gasteiger partial charge in [-0.25, -0.2) is 0 Å². The van der Waals surface area contributed by atoms with Gasteiger partial charge in [0.25, 0.3) is 0 Å². The molecule has 1 aliphatic heterocycles. The van der Waals surface area contributed by atoms with Crippen LogP contribution >= 0.6 is 0 Å². The maximum absolute atomic E-state index is 3.80. The Morgan fingerprint density at radius 3 is 2.18 bits per heavy atom. The molecule has 0 spiro atoms. The van der Waals surface area contributed by atoms with E-state index in [0.717, 1.165) is 5.56 Å². The van der Waals surface area contributed by atoms with Crippen molar-refractivity contribution >= 4 is 0 Å². The fourth-order valence-corrected chi connectivity index (χ4v) is 0.926. The summed E-state index contributed by atoms with van der Waals surface area (Å²) in [7, 11) is 0. The van der Waals surface area contributed by atoms with Crippen molar-refractivity contribution in [2.45, 2.75) is 6.17 Å². The predicted molar refractivity (Wildman–Crippen MR) is 38.9 cm³/mol. The molecule has 0 aliphatic carbocycles. The molecule has 0 saturated heterocycles. The number of hydrogen-bond donors (Lipinski definition) is 0. The average Bonchev–Trinajstić information content (AvgIpc) is 2.58. The van der Waals surface area contributed by atoms with E-state index in [2.05, 4.69) is 20.7 Å². The van der Waals surface area contributed by atoms with E-state index in [0.29, 0.717) is 0 Å². The van der Waals surface area contributed by atoms with Crippen molar-refractivity contribution in [1.29, 1.82) is 0 Å². The molecule has 4 heteroatoms. The maximum atomic E-state index is 3.80. The largest absolute Gasteiger partial charge is 0.210 e. The van der Waals surface area contributed by atoms with E-state index in [-0.39, 0.29) is 6.17 Å². The third-order valence-electron chi connectivity index (χ3n) is 1.46. The molecule has 0 amide bonds. The summed E-state index contributed by atoms with van der Waals surface area (Å²) >= 11 is 0. The summed E-state index contributed by atoms with van der Waals surface area (Å²) in [5.41, 5.74) is 1.03. The summed E-state index contributed by atoms with van der Waals surface area (Å²) in [4.78, 5) is 0. The Hall–Kier alpha value is -1.58. The van der Waals surface area contributed by atoms with Gasteiger partial charge in [-0.3, -0.25) is 0 Å². The molecule has 54 valence electrons. The van der Waals surface area contributed by atoms with E-state index >= 15 is 0 Å². The first kappa shape index (κ1) is 6.15. The lowest BCUT2D eigenvalue weighted by Gasteiger charge is -1.98. The average molecular weight is 146 g/mol. The molecule has 0 saturated carbocycles. The first-order chi connectivity index (χ1) is 5.47. The van der Waals surface area contributed by atoms with Gasteiger partial charge in [0.05, 0.1) is 0 Å². The molecule has 1 aliphatic rings. The first-order valence-electron chi connectivity index (χ1n) is 3.32. The summed E-state index contributed by atoms with van der Waals surface area (Å²) in [6.45, 7) is 0. The highest BCUT2D eigenvalue weighted by Gasteiger charge is 2.10. The van der Waals surface area contributed by atoms with E-state index in [4.69, 9.17) is 0 Å². The second kappa shape index (κ2) is 2.57. The number of hydrogen-bond acceptors (Lipinski definition) is 4. The fraction of sp³-hybridized carbons (Fsp3) is 0.143. The zero-order chi connectivity index (χ0) is 7.52. The summed E-state index contributed by atoms with van der Waals surface area (Å²) in [6, 6.07) is 9.74. The highest BCUT2D eigenvalue weighted by atomic mass is 15.6.